The van der Waals surface area contributed by atoms with E-state index in [1.54, 1.807) is 18.2 Å². The van der Waals surface area contributed by atoms with Crippen LogP contribution in [0, 0.1) is 0 Å². The van der Waals surface area contributed by atoms with Crippen molar-refractivity contribution in [3.63, 3.8) is 0 Å². The smallest absolute Gasteiger partial charge is 0.179 e. The van der Waals surface area contributed by atoms with Crippen LogP contribution in [-0.2, 0) is 0 Å². The van der Waals surface area contributed by atoms with Gasteiger partial charge in [-0.15, -0.1) is 0 Å². The van der Waals surface area contributed by atoms with Crippen molar-refractivity contribution in [1.29, 1.82) is 0 Å². The van der Waals surface area contributed by atoms with Gasteiger partial charge in [0.05, 0.1) is 12.7 Å². The van der Waals surface area contributed by atoms with Crippen molar-refractivity contribution in [2.75, 3.05) is 7.11 Å². The van der Waals surface area contributed by atoms with Crippen molar-refractivity contribution in [2.45, 2.75) is 0 Å². The van der Waals surface area contributed by atoms with Crippen molar-refractivity contribution in [1.82, 2.24) is 0 Å². The maximum Gasteiger partial charge on any atom is 0.179 e. The van der Waals surface area contributed by atoms with Gasteiger partial charge < -0.3 is 9.94 Å². The summed E-state index contributed by atoms with van der Waals surface area (Å²) in [4.78, 5) is 0. The molecule has 0 saturated heterocycles. The molecule has 0 amide bonds. The predicted octanol–water partition coefficient (Wildman–Crippen LogP) is 2.07. The summed E-state index contributed by atoms with van der Waals surface area (Å²) in [5.74, 6) is 0.584. The molecule has 0 radical (unpaired) electrons. The predicted molar refractivity (Wildman–Crippen MR) is 47.2 cm³/mol. The zero-order chi connectivity index (χ0) is 8.97. The Morgan fingerprint density at radius 1 is 1.50 bits per heavy atom. The Labute approximate surface area is 75.2 Å². The van der Waals surface area contributed by atoms with Gasteiger partial charge >= 0.3 is 0 Å². The van der Waals surface area contributed by atoms with E-state index in [4.69, 9.17) is 21.5 Å². The van der Waals surface area contributed by atoms with E-state index in [0.29, 0.717) is 11.3 Å². The Morgan fingerprint density at radius 2 is 2.17 bits per heavy atom. The molecule has 1 rings (SSSR count). The highest BCUT2D eigenvalue weighted by Gasteiger charge is 2.06. The van der Waals surface area contributed by atoms with Crippen molar-refractivity contribution in [3.05, 3.63) is 29.8 Å². The maximum atomic E-state index is 8.41. The molecule has 0 aliphatic carbocycles. The molecular weight excluding hydrogens is 178 g/mol. The molecule has 3 nitrogen and oxygen atoms in total. The molecule has 0 heterocycles. The lowest BCUT2D eigenvalue weighted by Gasteiger charge is -2.03. The van der Waals surface area contributed by atoms with E-state index in [1.807, 2.05) is 6.07 Å². The van der Waals surface area contributed by atoms with Gasteiger partial charge in [0.1, 0.15) is 5.75 Å². The van der Waals surface area contributed by atoms with Crippen LogP contribution in [0.3, 0.4) is 0 Å². The molecule has 4 heteroatoms. The van der Waals surface area contributed by atoms with Crippen LogP contribution >= 0.6 is 11.6 Å². The van der Waals surface area contributed by atoms with Crippen LogP contribution in [-0.4, -0.2) is 17.5 Å². The van der Waals surface area contributed by atoms with Crippen LogP contribution in [0.1, 0.15) is 5.56 Å². The zero-order valence-electron chi connectivity index (χ0n) is 6.49. The number of oxime groups is 1. The molecule has 1 N–H and O–H groups in total. The highest BCUT2D eigenvalue weighted by Crippen LogP contribution is 2.19. The molecule has 12 heavy (non-hydrogen) atoms. The summed E-state index contributed by atoms with van der Waals surface area (Å²) in [6, 6.07) is 7.04. The molecule has 0 saturated carbocycles. The second-order valence-corrected chi connectivity index (χ2v) is 2.45. The number of nitrogens with zero attached hydrogens (tertiary/aromatic N) is 1. The molecule has 1 aromatic rings. The molecule has 0 aliphatic heterocycles. The van der Waals surface area contributed by atoms with Crippen molar-refractivity contribution >= 4 is 16.8 Å². The summed E-state index contributed by atoms with van der Waals surface area (Å²) < 4.78 is 4.99. The molecule has 0 fully saturated rings. The molecular formula is C8H8ClNO2. The number of hydrogen-bond donors (Lipinski definition) is 1. The van der Waals surface area contributed by atoms with Crippen LogP contribution < -0.4 is 4.74 Å². The van der Waals surface area contributed by atoms with Gasteiger partial charge in [0.25, 0.3) is 0 Å². The largest absolute Gasteiger partial charge is 0.496 e. The summed E-state index contributed by atoms with van der Waals surface area (Å²) in [6.07, 6.45) is 0. The number of para-hydroxylation sites is 1. The van der Waals surface area contributed by atoms with Gasteiger partial charge in [-0.25, -0.2) is 0 Å². The molecule has 0 atom stereocenters. The molecule has 0 unspecified atom stereocenters. The molecule has 0 aromatic heterocycles. The van der Waals surface area contributed by atoms with Crippen LogP contribution in [0.2, 0.25) is 0 Å². The van der Waals surface area contributed by atoms with E-state index in [1.165, 1.54) is 7.11 Å². The van der Waals surface area contributed by atoms with E-state index in [9.17, 15) is 0 Å². The lowest BCUT2D eigenvalue weighted by Crippen LogP contribution is -1.95. The topological polar surface area (TPSA) is 41.8 Å². The van der Waals surface area contributed by atoms with Gasteiger partial charge in [0.15, 0.2) is 5.17 Å². The molecule has 64 valence electrons. The second kappa shape index (κ2) is 3.97. The van der Waals surface area contributed by atoms with Gasteiger partial charge in [0.2, 0.25) is 0 Å². The Morgan fingerprint density at radius 3 is 2.75 bits per heavy atom. The maximum absolute atomic E-state index is 8.41. The number of hydrogen-bond acceptors (Lipinski definition) is 3. The Balaban J connectivity index is 3.13. The highest BCUT2D eigenvalue weighted by atomic mass is 35.5. The summed E-state index contributed by atoms with van der Waals surface area (Å²) in [6.45, 7) is 0. The lowest BCUT2D eigenvalue weighted by molar-refractivity contribution is 0.320. The first-order chi connectivity index (χ1) is 5.79. The van der Waals surface area contributed by atoms with Crippen molar-refractivity contribution < 1.29 is 9.94 Å². The third kappa shape index (κ3) is 1.68. The summed E-state index contributed by atoms with van der Waals surface area (Å²) in [5, 5.41) is 11.3. The first-order valence-corrected chi connectivity index (χ1v) is 3.68. The number of ether oxygens (including phenoxy) is 1. The first kappa shape index (κ1) is 8.87. The highest BCUT2D eigenvalue weighted by molar-refractivity contribution is 6.69. The summed E-state index contributed by atoms with van der Waals surface area (Å²) in [5.41, 5.74) is 0.573. The number of methoxy groups -OCH3 is 1. The van der Waals surface area contributed by atoms with E-state index >= 15 is 0 Å². The second-order valence-electron chi connectivity index (χ2n) is 2.09. The minimum absolute atomic E-state index is 0.0208. The Kier molecular flexibility index (Phi) is 2.94. The van der Waals surface area contributed by atoms with Crippen LogP contribution in [0.5, 0.6) is 5.75 Å². The van der Waals surface area contributed by atoms with Gasteiger partial charge in [-0.2, -0.15) is 0 Å². The molecule has 0 aliphatic rings. The normalized spacial score (nSPS) is 11.3. The van der Waals surface area contributed by atoms with Crippen LogP contribution in [0.15, 0.2) is 29.4 Å². The average molecular weight is 186 g/mol. The Hall–Kier alpha value is -1.22. The van der Waals surface area contributed by atoms with Crippen molar-refractivity contribution in [2.24, 2.45) is 5.16 Å². The fraction of sp³-hybridized carbons (Fsp3) is 0.125. The minimum atomic E-state index is 0.0208. The fourth-order valence-electron chi connectivity index (χ4n) is 0.869. The third-order valence-corrected chi connectivity index (χ3v) is 1.70. The Bertz CT molecular complexity index is 299. The molecule has 0 bridgehead atoms. The SMILES string of the molecule is COc1ccccc1C(Cl)=NO. The summed E-state index contributed by atoms with van der Waals surface area (Å²) in [7, 11) is 1.53. The number of rotatable bonds is 2. The number of benzene rings is 1. The third-order valence-electron chi connectivity index (χ3n) is 1.42. The zero-order valence-corrected chi connectivity index (χ0v) is 7.25. The number of halogens is 1. The van der Waals surface area contributed by atoms with E-state index < -0.39 is 0 Å². The average Bonchev–Trinajstić information content (AvgIpc) is 2.16. The van der Waals surface area contributed by atoms with E-state index in [-0.39, 0.29) is 5.17 Å². The molecule has 0 spiro atoms. The monoisotopic (exact) mass is 185 g/mol. The first-order valence-electron chi connectivity index (χ1n) is 3.30. The standard InChI is InChI=1S/C8H8ClNO2/c1-12-7-5-3-2-4-6(7)8(9)10-11/h2-5,11H,1H3. The van der Waals surface area contributed by atoms with Gasteiger partial charge in [0, 0.05) is 0 Å². The lowest BCUT2D eigenvalue weighted by atomic mass is 10.2. The quantitative estimate of drug-likeness (QED) is 0.436. The van der Waals surface area contributed by atoms with Crippen LogP contribution in [0.4, 0.5) is 0 Å². The van der Waals surface area contributed by atoms with Crippen molar-refractivity contribution in [3.8, 4) is 5.75 Å². The van der Waals surface area contributed by atoms with E-state index in [2.05, 4.69) is 5.16 Å². The fourth-order valence-corrected chi connectivity index (χ4v) is 1.03. The summed E-state index contributed by atoms with van der Waals surface area (Å²) >= 11 is 5.59. The van der Waals surface area contributed by atoms with Gasteiger partial charge in [-0.1, -0.05) is 28.9 Å². The van der Waals surface area contributed by atoms with Gasteiger partial charge in [-0.3, -0.25) is 0 Å². The minimum Gasteiger partial charge on any atom is -0.496 e. The van der Waals surface area contributed by atoms with Gasteiger partial charge in [-0.05, 0) is 12.1 Å². The van der Waals surface area contributed by atoms with Crippen LogP contribution in [0.25, 0.3) is 0 Å². The molecule has 1 aromatic carbocycles. The van der Waals surface area contributed by atoms with E-state index in [0.717, 1.165) is 0 Å².